The molecule has 4 heteroatoms. The van der Waals surface area contributed by atoms with Crippen LogP contribution in [0.2, 0.25) is 0 Å². The van der Waals surface area contributed by atoms with E-state index in [1.54, 1.807) is 11.3 Å². The van der Waals surface area contributed by atoms with E-state index in [1.807, 2.05) is 26.8 Å². The minimum absolute atomic E-state index is 0.0451. The molecule has 0 spiro atoms. The third-order valence-electron chi connectivity index (χ3n) is 2.75. The van der Waals surface area contributed by atoms with Gasteiger partial charge < -0.3 is 10.4 Å². The lowest BCUT2D eigenvalue weighted by Gasteiger charge is -2.24. The molecule has 96 valence electrons. The molecule has 2 N–H and O–H groups in total. The predicted octanol–water partition coefficient (Wildman–Crippen LogP) is 2.51. The van der Waals surface area contributed by atoms with Crippen LogP contribution in [0.4, 0.5) is 0 Å². The number of nitrogens with one attached hydrogen (secondary N) is 1. The van der Waals surface area contributed by atoms with Gasteiger partial charge >= 0.3 is 0 Å². The van der Waals surface area contributed by atoms with Crippen molar-refractivity contribution in [3.8, 4) is 0 Å². The van der Waals surface area contributed by atoms with Gasteiger partial charge in [0, 0.05) is 17.0 Å². The van der Waals surface area contributed by atoms with Crippen LogP contribution < -0.4 is 5.32 Å². The molecule has 3 nitrogen and oxygen atoms in total. The highest BCUT2D eigenvalue weighted by Gasteiger charge is 2.21. The van der Waals surface area contributed by atoms with Crippen LogP contribution in [0.5, 0.6) is 0 Å². The van der Waals surface area contributed by atoms with E-state index in [0.717, 1.165) is 11.3 Å². The lowest BCUT2D eigenvalue weighted by Crippen LogP contribution is -2.43. The van der Waals surface area contributed by atoms with Gasteiger partial charge in [-0.1, -0.05) is 6.92 Å². The molecule has 0 aliphatic rings. The number of thiophene rings is 1. The standard InChI is InChI=1S/C13H21NO2S/c1-5-10-9(2)8-11(17-10)12(16)14-13(3,4)6-7-15/h8,15H,5-7H2,1-4H3,(H,14,16). The summed E-state index contributed by atoms with van der Waals surface area (Å²) in [5.74, 6) is -0.0451. The fourth-order valence-corrected chi connectivity index (χ4v) is 2.70. The molecule has 0 fully saturated rings. The quantitative estimate of drug-likeness (QED) is 0.849. The van der Waals surface area contributed by atoms with Crippen molar-refractivity contribution in [3.05, 3.63) is 21.4 Å². The zero-order valence-electron chi connectivity index (χ0n) is 11.0. The third-order valence-corrected chi connectivity index (χ3v) is 4.13. The number of rotatable bonds is 5. The molecule has 1 heterocycles. The van der Waals surface area contributed by atoms with Gasteiger partial charge in [-0.15, -0.1) is 11.3 Å². The summed E-state index contributed by atoms with van der Waals surface area (Å²) >= 11 is 1.55. The summed E-state index contributed by atoms with van der Waals surface area (Å²) in [5, 5.41) is 11.9. The molecular formula is C13H21NO2S. The summed E-state index contributed by atoms with van der Waals surface area (Å²) in [6, 6.07) is 1.94. The predicted molar refractivity (Wildman–Crippen MR) is 71.7 cm³/mol. The minimum Gasteiger partial charge on any atom is -0.396 e. The van der Waals surface area contributed by atoms with Crippen LogP contribution in [-0.2, 0) is 6.42 Å². The largest absolute Gasteiger partial charge is 0.396 e. The SMILES string of the molecule is CCc1sc(C(=O)NC(C)(C)CCO)cc1C. The Kier molecular flexibility index (Phi) is 4.71. The molecule has 0 aromatic carbocycles. The van der Waals surface area contributed by atoms with Crippen molar-refractivity contribution in [2.45, 2.75) is 46.1 Å². The molecule has 0 radical (unpaired) electrons. The number of aryl methyl sites for hydroxylation is 2. The zero-order chi connectivity index (χ0) is 13.1. The number of aliphatic hydroxyl groups is 1. The number of hydrogen-bond acceptors (Lipinski definition) is 3. The molecular weight excluding hydrogens is 234 g/mol. The molecule has 1 amide bonds. The fourth-order valence-electron chi connectivity index (χ4n) is 1.69. The Morgan fingerprint density at radius 1 is 1.53 bits per heavy atom. The van der Waals surface area contributed by atoms with E-state index in [1.165, 1.54) is 10.4 Å². The average molecular weight is 255 g/mol. The molecule has 0 saturated heterocycles. The first-order valence-corrected chi connectivity index (χ1v) is 6.74. The van der Waals surface area contributed by atoms with Crippen molar-refractivity contribution in [2.24, 2.45) is 0 Å². The maximum atomic E-state index is 12.0. The second-order valence-corrected chi connectivity index (χ2v) is 6.02. The zero-order valence-corrected chi connectivity index (χ0v) is 11.8. The van der Waals surface area contributed by atoms with Gasteiger partial charge in [0.1, 0.15) is 0 Å². The van der Waals surface area contributed by atoms with Crippen LogP contribution in [0.25, 0.3) is 0 Å². The van der Waals surface area contributed by atoms with Gasteiger partial charge in [-0.2, -0.15) is 0 Å². The Hall–Kier alpha value is -0.870. The summed E-state index contributed by atoms with van der Waals surface area (Å²) < 4.78 is 0. The van der Waals surface area contributed by atoms with Crippen molar-refractivity contribution in [3.63, 3.8) is 0 Å². The van der Waals surface area contributed by atoms with Crippen LogP contribution in [0, 0.1) is 6.92 Å². The summed E-state index contributed by atoms with van der Waals surface area (Å²) in [5.41, 5.74) is 0.818. The second kappa shape index (κ2) is 5.65. The second-order valence-electron chi connectivity index (χ2n) is 4.88. The van der Waals surface area contributed by atoms with E-state index in [4.69, 9.17) is 5.11 Å². The van der Waals surface area contributed by atoms with E-state index in [9.17, 15) is 4.79 Å². The highest BCUT2D eigenvalue weighted by molar-refractivity contribution is 7.14. The van der Waals surface area contributed by atoms with Gasteiger partial charge in [-0.3, -0.25) is 4.79 Å². The number of aliphatic hydroxyl groups excluding tert-OH is 1. The van der Waals surface area contributed by atoms with Crippen molar-refractivity contribution in [1.82, 2.24) is 5.32 Å². The van der Waals surface area contributed by atoms with Gasteiger partial charge in [-0.05, 0) is 45.2 Å². The molecule has 1 aromatic heterocycles. The van der Waals surface area contributed by atoms with E-state index in [-0.39, 0.29) is 18.1 Å². The van der Waals surface area contributed by atoms with E-state index >= 15 is 0 Å². The number of amides is 1. The van der Waals surface area contributed by atoms with E-state index < -0.39 is 0 Å². The van der Waals surface area contributed by atoms with Crippen molar-refractivity contribution < 1.29 is 9.90 Å². The number of carbonyl (C=O) groups is 1. The molecule has 0 saturated carbocycles. The Labute approximate surface area is 107 Å². The smallest absolute Gasteiger partial charge is 0.261 e. The molecule has 0 unspecified atom stereocenters. The molecule has 0 aliphatic carbocycles. The number of hydrogen-bond donors (Lipinski definition) is 2. The highest BCUT2D eigenvalue weighted by Crippen LogP contribution is 2.23. The van der Waals surface area contributed by atoms with Gasteiger partial charge in [0.25, 0.3) is 5.91 Å². The lowest BCUT2D eigenvalue weighted by molar-refractivity contribution is 0.0903. The van der Waals surface area contributed by atoms with Gasteiger partial charge in [0.05, 0.1) is 4.88 Å². The molecule has 0 atom stereocenters. The molecule has 17 heavy (non-hydrogen) atoms. The van der Waals surface area contributed by atoms with Crippen molar-refractivity contribution in [1.29, 1.82) is 0 Å². The van der Waals surface area contributed by atoms with Crippen LogP contribution >= 0.6 is 11.3 Å². The molecule has 0 bridgehead atoms. The van der Waals surface area contributed by atoms with Crippen LogP contribution in [0.1, 0.15) is 47.3 Å². The average Bonchev–Trinajstić information content (AvgIpc) is 2.58. The normalized spacial score (nSPS) is 11.6. The van der Waals surface area contributed by atoms with Crippen LogP contribution in [0.3, 0.4) is 0 Å². The Bertz CT molecular complexity index is 396. The summed E-state index contributed by atoms with van der Waals surface area (Å²) in [6.45, 7) is 8.04. The maximum Gasteiger partial charge on any atom is 0.261 e. The van der Waals surface area contributed by atoms with Crippen LogP contribution in [-0.4, -0.2) is 23.2 Å². The summed E-state index contributed by atoms with van der Waals surface area (Å²) in [6.07, 6.45) is 1.52. The van der Waals surface area contributed by atoms with Gasteiger partial charge in [0.15, 0.2) is 0 Å². The van der Waals surface area contributed by atoms with Crippen molar-refractivity contribution in [2.75, 3.05) is 6.61 Å². The summed E-state index contributed by atoms with van der Waals surface area (Å²) in [4.78, 5) is 14.0. The fraction of sp³-hybridized carbons (Fsp3) is 0.615. The van der Waals surface area contributed by atoms with Gasteiger partial charge in [0.2, 0.25) is 0 Å². The monoisotopic (exact) mass is 255 g/mol. The Balaban J connectivity index is 2.76. The summed E-state index contributed by atoms with van der Waals surface area (Å²) in [7, 11) is 0. The first kappa shape index (κ1) is 14.2. The number of carbonyl (C=O) groups excluding carboxylic acids is 1. The maximum absolute atomic E-state index is 12.0. The first-order chi connectivity index (χ1) is 7.89. The molecule has 1 rings (SSSR count). The van der Waals surface area contributed by atoms with E-state index in [0.29, 0.717) is 6.42 Å². The Morgan fingerprint density at radius 2 is 2.18 bits per heavy atom. The van der Waals surface area contributed by atoms with Crippen LogP contribution in [0.15, 0.2) is 6.07 Å². The lowest BCUT2D eigenvalue weighted by atomic mass is 10.0. The first-order valence-electron chi connectivity index (χ1n) is 5.92. The topological polar surface area (TPSA) is 49.3 Å². The third kappa shape index (κ3) is 3.82. The van der Waals surface area contributed by atoms with E-state index in [2.05, 4.69) is 12.2 Å². The van der Waals surface area contributed by atoms with Gasteiger partial charge in [-0.25, -0.2) is 0 Å². The molecule has 1 aromatic rings. The minimum atomic E-state index is -0.365. The Morgan fingerprint density at radius 3 is 2.65 bits per heavy atom. The molecule has 0 aliphatic heterocycles. The van der Waals surface area contributed by atoms with Crippen molar-refractivity contribution >= 4 is 17.2 Å². The highest BCUT2D eigenvalue weighted by atomic mass is 32.1.